The molecule has 0 radical (unpaired) electrons. The maximum absolute atomic E-state index is 13.6. The van der Waals surface area contributed by atoms with Crippen LogP contribution in [0.4, 0.5) is 9.18 Å². The summed E-state index contributed by atoms with van der Waals surface area (Å²) in [5, 5.41) is 2.59. The normalized spacial score (nSPS) is 10.9. The number of rotatable bonds is 4. The Kier molecular flexibility index (Phi) is 4.49. The van der Waals surface area contributed by atoms with E-state index in [2.05, 4.69) is 5.32 Å². The van der Waals surface area contributed by atoms with Gasteiger partial charge in [-0.1, -0.05) is 19.9 Å². The molecule has 0 heterocycles. The number of nitrogens with two attached hydrogens (primary N) is 1. The van der Waals surface area contributed by atoms with Crippen LogP contribution < -0.4 is 21.3 Å². The molecule has 1 rings (SSSR count). The van der Waals surface area contributed by atoms with Gasteiger partial charge in [-0.3, -0.25) is 5.43 Å². The molecule has 1 aromatic carbocycles. The minimum Gasteiger partial charge on any atom is -0.494 e. The Morgan fingerprint density at radius 3 is 2.67 bits per heavy atom. The summed E-state index contributed by atoms with van der Waals surface area (Å²) in [6.45, 7) is 4.12. The number of carbonyl (C=O) groups excluding carboxylic acids is 1. The summed E-state index contributed by atoms with van der Waals surface area (Å²) in [5.74, 6) is 4.74. The summed E-state index contributed by atoms with van der Waals surface area (Å²) in [6.07, 6.45) is 0. The van der Waals surface area contributed by atoms with E-state index in [1.54, 1.807) is 12.1 Å². The second-order valence-corrected chi connectivity index (χ2v) is 4.56. The molecule has 100 valence electrons. The van der Waals surface area contributed by atoms with E-state index < -0.39 is 17.3 Å². The minimum atomic E-state index is -0.475. The van der Waals surface area contributed by atoms with E-state index in [9.17, 15) is 9.18 Å². The number of ether oxygens (including phenoxy) is 1. The zero-order chi connectivity index (χ0) is 13.8. The zero-order valence-electron chi connectivity index (χ0n) is 10.7. The molecule has 0 saturated carbocycles. The van der Waals surface area contributed by atoms with Gasteiger partial charge in [-0.2, -0.15) is 0 Å². The molecule has 0 aliphatic rings. The topological polar surface area (TPSA) is 76.4 Å². The van der Waals surface area contributed by atoms with E-state index in [1.807, 2.05) is 19.3 Å². The highest BCUT2D eigenvalue weighted by molar-refractivity contribution is 5.73. The quantitative estimate of drug-likeness (QED) is 0.431. The van der Waals surface area contributed by atoms with E-state index in [0.717, 1.165) is 5.56 Å². The lowest BCUT2D eigenvalue weighted by molar-refractivity contribution is 0.238. The van der Waals surface area contributed by atoms with Crippen LogP contribution in [0.5, 0.6) is 5.75 Å². The van der Waals surface area contributed by atoms with Crippen molar-refractivity contribution in [1.82, 2.24) is 10.7 Å². The first-order valence-corrected chi connectivity index (χ1v) is 5.49. The third-order valence-electron chi connectivity index (χ3n) is 2.76. The standard InChI is InChI=1S/C12H18FN3O2/c1-12(2,7-15-11(17)16-14)8-4-5-10(18-3)9(13)6-8/h4-6H,7,14H2,1-3H3,(H2,15,16,17). The molecule has 0 aromatic heterocycles. The average molecular weight is 255 g/mol. The first-order valence-electron chi connectivity index (χ1n) is 5.49. The van der Waals surface area contributed by atoms with Crippen molar-refractivity contribution in [2.75, 3.05) is 13.7 Å². The third kappa shape index (κ3) is 3.33. The number of hydrogen-bond donors (Lipinski definition) is 3. The highest BCUT2D eigenvalue weighted by atomic mass is 19.1. The predicted octanol–water partition coefficient (Wildman–Crippen LogP) is 1.28. The number of carbonyl (C=O) groups is 1. The maximum Gasteiger partial charge on any atom is 0.328 e. The van der Waals surface area contributed by atoms with Crippen LogP contribution in [0.15, 0.2) is 18.2 Å². The van der Waals surface area contributed by atoms with Gasteiger partial charge in [0.15, 0.2) is 11.6 Å². The highest BCUT2D eigenvalue weighted by Crippen LogP contribution is 2.26. The van der Waals surface area contributed by atoms with E-state index in [0.29, 0.717) is 6.54 Å². The van der Waals surface area contributed by atoms with E-state index >= 15 is 0 Å². The van der Waals surface area contributed by atoms with Crippen molar-refractivity contribution in [1.29, 1.82) is 0 Å². The Balaban J connectivity index is 2.84. The van der Waals surface area contributed by atoms with Gasteiger partial charge in [0.1, 0.15) is 0 Å². The molecule has 1 aromatic rings. The lowest BCUT2D eigenvalue weighted by Crippen LogP contribution is -2.44. The SMILES string of the molecule is COc1ccc(C(C)(C)CNC(=O)NN)cc1F. The van der Waals surface area contributed by atoms with Gasteiger partial charge in [-0.25, -0.2) is 15.0 Å². The molecule has 5 nitrogen and oxygen atoms in total. The Hall–Kier alpha value is -1.82. The van der Waals surface area contributed by atoms with Crippen LogP contribution in [-0.4, -0.2) is 19.7 Å². The Morgan fingerprint density at radius 1 is 1.50 bits per heavy atom. The fourth-order valence-corrected chi connectivity index (χ4v) is 1.54. The second-order valence-electron chi connectivity index (χ2n) is 4.56. The fraction of sp³-hybridized carbons (Fsp3) is 0.417. The lowest BCUT2D eigenvalue weighted by Gasteiger charge is -2.25. The van der Waals surface area contributed by atoms with Crippen molar-refractivity contribution in [2.24, 2.45) is 5.84 Å². The first kappa shape index (κ1) is 14.2. The summed E-state index contributed by atoms with van der Waals surface area (Å²) in [4.78, 5) is 11.0. The summed E-state index contributed by atoms with van der Waals surface area (Å²) >= 11 is 0. The zero-order valence-corrected chi connectivity index (χ0v) is 10.7. The van der Waals surface area contributed by atoms with Crippen molar-refractivity contribution in [3.8, 4) is 5.75 Å². The van der Waals surface area contributed by atoms with Crippen molar-refractivity contribution in [3.63, 3.8) is 0 Å². The minimum absolute atomic E-state index is 0.196. The Labute approximate surface area is 105 Å². The first-order chi connectivity index (χ1) is 8.40. The maximum atomic E-state index is 13.6. The number of urea groups is 1. The smallest absolute Gasteiger partial charge is 0.328 e. The number of hydrogen-bond acceptors (Lipinski definition) is 3. The van der Waals surface area contributed by atoms with Crippen molar-refractivity contribution in [2.45, 2.75) is 19.3 Å². The van der Waals surface area contributed by atoms with Crippen LogP contribution in [0.2, 0.25) is 0 Å². The van der Waals surface area contributed by atoms with Crippen LogP contribution in [0.25, 0.3) is 0 Å². The molecule has 0 aliphatic heterocycles. The Morgan fingerprint density at radius 2 is 2.17 bits per heavy atom. The molecule has 0 spiro atoms. The number of nitrogens with one attached hydrogen (secondary N) is 2. The number of amides is 2. The molecule has 18 heavy (non-hydrogen) atoms. The molecule has 0 saturated heterocycles. The van der Waals surface area contributed by atoms with Crippen molar-refractivity contribution in [3.05, 3.63) is 29.6 Å². The largest absolute Gasteiger partial charge is 0.494 e. The van der Waals surface area contributed by atoms with Gasteiger partial charge in [0.05, 0.1) is 7.11 Å². The molecule has 4 N–H and O–H groups in total. The molecule has 0 bridgehead atoms. The van der Waals surface area contributed by atoms with E-state index in [-0.39, 0.29) is 5.75 Å². The third-order valence-corrected chi connectivity index (χ3v) is 2.76. The van der Waals surface area contributed by atoms with Crippen LogP contribution in [-0.2, 0) is 5.41 Å². The Bertz CT molecular complexity index is 435. The van der Waals surface area contributed by atoms with Crippen LogP contribution in [0.3, 0.4) is 0 Å². The summed E-state index contributed by atoms with van der Waals surface area (Å²) in [5.41, 5.74) is 2.32. The van der Waals surface area contributed by atoms with E-state index in [4.69, 9.17) is 10.6 Å². The number of hydrazine groups is 1. The van der Waals surface area contributed by atoms with Crippen LogP contribution in [0.1, 0.15) is 19.4 Å². The van der Waals surface area contributed by atoms with Crippen molar-refractivity contribution >= 4 is 6.03 Å². The van der Waals surface area contributed by atoms with Gasteiger partial charge in [0, 0.05) is 12.0 Å². The lowest BCUT2D eigenvalue weighted by atomic mass is 9.84. The van der Waals surface area contributed by atoms with Crippen LogP contribution >= 0.6 is 0 Å². The molecule has 2 amide bonds. The molecule has 0 atom stereocenters. The molecular weight excluding hydrogens is 237 g/mol. The number of benzene rings is 1. The highest BCUT2D eigenvalue weighted by Gasteiger charge is 2.22. The molecular formula is C12H18FN3O2. The molecule has 6 heteroatoms. The summed E-state index contributed by atoms with van der Waals surface area (Å²) in [7, 11) is 1.41. The second kappa shape index (κ2) is 5.68. The van der Waals surface area contributed by atoms with Gasteiger partial charge in [0.2, 0.25) is 0 Å². The van der Waals surface area contributed by atoms with E-state index in [1.165, 1.54) is 13.2 Å². The summed E-state index contributed by atoms with van der Waals surface area (Å²) < 4.78 is 18.5. The van der Waals surface area contributed by atoms with Gasteiger partial charge in [-0.05, 0) is 17.7 Å². The number of halogens is 1. The molecule has 0 fully saturated rings. The predicted molar refractivity (Wildman–Crippen MR) is 66.7 cm³/mol. The van der Waals surface area contributed by atoms with Crippen molar-refractivity contribution < 1.29 is 13.9 Å². The monoisotopic (exact) mass is 255 g/mol. The summed E-state index contributed by atoms with van der Waals surface area (Å²) in [6, 6.07) is 4.26. The van der Waals surface area contributed by atoms with Gasteiger partial charge >= 0.3 is 6.03 Å². The van der Waals surface area contributed by atoms with Gasteiger partial charge in [0.25, 0.3) is 0 Å². The fourth-order valence-electron chi connectivity index (χ4n) is 1.54. The number of methoxy groups -OCH3 is 1. The average Bonchev–Trinajstić information content (AvgIpc) is 2.35. The van der Waals surface area contributed by atoms with Gasteiger partial charge < -0.3 is 10.1 Å². The van der Waals surface area contributed by atoms with Crippen LogP contribution in [0, 0.1) is 5.82 Å². The van der Waals surface area contributed by atoms with Gasteiger partial charge in [-0.15, -0.1) is 0 Å². The molecule has 0 unspecified atom stereocenters. The molecule has 0 aliphatic carbocycles.